The minimum Gasteiger partial charge on any atom is -0.370 e. The van der Waals surface area contributed by atoms with Gasteiger partial charge in [0.05, 0.1) is 17.1 Å². The van der Waals surface area contributed by atoms with Crippen LogP contribution in [0.2, 0.25) is 0 Å². The van der Waals surface area contributed by atoms with Crippen molar-refractivity contribution < 1.29 is 4.92 Å². The zero-order valence-electron chi connectivity index (χ0n) is 12.6. The third-order valence-corrected chi connectivity index (χ3v) is 3.68. The van der Waals surface area contributed by atoms with Crippen molar-refractivity contribution in [3.8, 4) is 0 Å². The van der Waals surface area contributed by atoms with Crippen LogP contribution in [0.15, 0.2) is 12.1 Å². The fourth-order valence-electron chi connectivity index (χ4n) is 2.64. The van der Waals surface area contributed by atoms with Gasteiger partial charge in [0.1, 0.15) is 11.6 Å². The minimum absolute atomic E-state index is 0.0617. The summed E-state index contributed by atoms with van der Waals surface area (Å²) in [6, 6.07) is 3.27. The maximum absolute atomic E-state index is 11.0. The van der Waals surface area contributed by atoms with Crippen molar-refractivity contribution in [2.24, 2.45) is 0 Å². The van der Waals surface area contributed by atoms with E-state index < -0.39 is 0 Å². The monoisotopic (exact) mass is 293 g/mol. The number of anilines is 2. The molecule has 1 saturated heterocycles. The van der Waals surface area contributed by atoms with E-state index in [0.29, 0.717) is 24.2 Å². The molecule has 1 unspecified atom stereocenters. The fourth-order valence-corrected chi connectivity index (χ4v) is 2.64. The van der Waals surface area contributed by atoms with E-state index in [9.17, 15) is 10.1 Å². The number of nitrogens with zero attached hydrogens (tertiary/aromatic N) is 3. The molecule has 0 bridgehead atoms. The SMILES string of the molecule is CCNc1cc([N+](=O)[O-])cc(NC2CCCN(CC)C2)n1. The second-order valence-corrected chi connectivity index (χ2v) is 5.26. The van der Waals surface area contributed by atoms with Crippen LogP contribution in [0.25, 0.3) is 0 Å². The summed E-state index contributed by atoms with van der Waals surface area (Å²) in [7, 11) is 0. The lowest BCUT2D eigenvalue weighted by Gasteiger charge is -2.32. The molecule has 1 atom stereocenters. The first kappa shape index (κ1) is 15.5. The van der Waals surface area contributed by atoms with Crippen LogP contribution < -0.4 is 10.6 Å². The first-order valence-electron chi connectivity index (χ1n) is 7.51. The number of hydrogen-bond donors (Lipinski definition) is 2. The van der Waals surface area contributed by atoms with E-state index >= 15 is 0 Å². The zero-order chi connectivity index (χ0) is 15.2. The van der Waals surface area contributed by atoms with Crippen molar-refractivity contribution in [3.63, 3.8) is 0 Å². The molecule has 0 spiro atoms. The molecule has 21 heavy (non-hydrogen) atoms. The van der Waals surface area contributed by atoms with Gasteiger partial charge in [0, 0.05) is 19.1 Å². The quantitative estimate of drug-likeness (QED) is 0.618. The molecule has 0 amide bonds. The van der Waals surface area contributed by atoms with Crippen LogP contribution in [0.5, 0.6) is 0 Å². The molecule has 0 aliphatic carbocycles. The smallest absolute Gasteiger partial charge is 0.276 e. The third-order valence-electron chi connectivity index (χ3n) is 3.68. The third kappa shape index (κ3) is 4.29. The molecule has 2 heterocycles. The van der Waals surface area contributed by atoms with Crippen LogP contribution in [-0.4, -0.2) is 47.0 Å². The van der Waals surface area contributed by atoms with Crippen molar-refractivity contribution in [1.29, 1.82) is 0 Å². The van der Waals surface area contributed by atoms with Gasteiger partial charge in [-0.15, -0.1) is 0 Å². The Balaban J connectivity index is 2.12. The van der Waals surface area contributed by atoms with Crippen LogP contribution >= 0.6 is 0 Å². The maximum atomic E-state index is 11.0. The molecule has 1 aromatic heterocycles. The van der Waals surface area contributed by atoms with E-state index in [4.69, 9.17) is 0 Å². The van der Waals surface area contributed by atoms with Crippen molar-refractivity contribution in [1.82, 2.24) is 9.88 Å². The average Bonchev–Trinajstić information content (AvgIpc) is 2.47. The highest BCUT2D eigenvalue weighted by atomic mass is 16.6. The summed E-state index contributed by atoms with van der Waals surface area (Å²) in [5.41, 5.74) is 0.0617. The van der Waals surface area contributed by atoms with Gasteiger partial charge in [-0.05, 0) is 32.9 Å². The first-order valence-corrected chi connectivity index (χ1v) is 7.51. The highest BCUT2D eigenvalue weighted by Crippen LogP contribution is 2.22. The number of likely N-dealkylation sites (tertiary alicyclic amines) is 1. The van der Waals surface area contributed by atoms with Crippen LogP contribution in [0.4, 0.5) is 17.3 Å². The number of nitro groups is 1. The summed E-state index contributed by atoms with van der Waals surface area (Å²) in [4.78, 5) is 17.4. The standard InChI is InChI=1S/C14H23N5O2/c1-3-15-13-8-12(19(20)21)9-14(17-13)16-11-6-5-7-18(4-2)10-11/h8-9,11H,3-7,10H2,1-2H3,(H2,15,16,17). The fraction of sp³-hybridized carbons (Fsp3) is 0.643. The van der Waals surface area contributed by atoms with E-state index in [0.717, 1.165) is 32.5 Å². The Labute approximate surface area is 124 Å². The van der Waals surface area contributed by atoms with E-state index in [-0.39, 0.29) is 10.6 Å². The van der Waals surface area contributed by atoms with Gasteiger partial charge in [-0.3, -0.25) is 10.1 Å². The van der Waals surface area contributed by atoms with Gasteiger partial charge >= 0.3 is 0 Å². The van der Waals surface area contributed by atoms with Gasteiger partial charge in [-0.1, -0.05) is 6.92 Å². The summed E-state index contributed by atoms with van der Waals surface area (Å²) in [6.07, 6.45) is 2.21. The van der Waals surface area contributed by atoms with Crippen molar-refractivity contribution >= 4 is 17.3 Å². The minimum atomic E-state index is -0.382. The number of rotatable bonds is 6. The highest BCUT2D eigenvalue weighted by Gasteiger charge is 2.20. The lowest BCUT2D eigenvalue weighted by Crippen LogP contribution is -2.42. The second kappa shape index (κ2) is 7.21. The second-order valence-electron chi connectivity index (χ2n) is 5.26. The van der Waals surface area contributed by atoms with Gasteiger partial charge in [-0.2, -0.15) is 0 Å². The molecule has 0 aromatic carbocycles. The molecule has 1 aliphatic rings. The van der Waals surface area contributed by atoms with Crippen molar-refractivity contribution in [2.45, 2.75) is 32.7 Å². The number of pyridine rings is 1. The summed E-state index contributed by atoms with van der Waals surface area (Å²) in [5, 5.41) is 17.4. The van der Waals surface area contributed by atoms with Gasteiger partial charge in [0.2, 0.25) is 0 Å². The lowest BCUT2D eigenvalue weighted by molar-refractivity contribution is -0.384. The maximum Gasteiger partial charge on any atom is 0.276 e. The van der Waals surface area contributed by atoms with Gasteiger partial charge < -0.3 is 15.5 Å². The van der Waals surface area contributed by atoms with Gasteiger partial charge in [0.25, 0.3) is 5.69 Å². The molecular weight excluding hydrogens is 270 g/mol. The molecule has 1 fully saturated rings. The number of likely N-dealkylation sites (N-methyl/N-ethyl adjacent to an activating group) is 1. The van der Waals surface area contributed by atoms with Crippen LogP contribution in [-0.2, 0) is 0 Å². The Hall–Kier alpha value is -1.89. The van der Waals surface area contributed by atoms with E-state index in [1.165, 1.54) is 12.1 Å². The van der Waals surface area contributed by atoms with Crippen LogP contribution in [0, 0.1) is 10.1 Å². The van der Waals surface area contributed by atoms with Crippen molar-refractivity contribution in [3.05, 3.63) is 22.2 Å². The number of piperidine rings is 1. The molecular formula is C14H23N5O2. The average molecular weight is 293 g/mol. The Morgan fingerprint density at radius 1 is 1.43 bits per heavy atom. The predicted octanol–water partition coefficient (Wildman–Crippen LogP) is 2.32. The Kier molecular flexibility index (Phi) is 5.32. The molecule has 1 aliphatic heterocycles. The molecule has 1 aromatic rings. The summed E-state index contributed by atoms with van der Waals surface area (Å²) < 4.78 is 0. The Morgan fingerprint density at radius 3 is 2.86 bits per heavy atom. The summed E-state index contributed by atoms with van der Waals surface area (Å²) in [6.45, 7) is 7.88. The molecule has 7 heteroatoms. The lowest BCUT2D eigenvalue weighted by atomic mass is 10.1. The largest absolute Gasteiger partial charge is 0.370 e. The predicted molar refractivity (Wildman–Crippen MR) is 83.8 cm³/mol. The summed E-state index contributed by atoms with van der Waals surface area (Å²) in [5.74, 6) is 1.11. The van der Waals surface area contributed by atoms with Crippen molar-refractivity contribution in [2.75, 3.05) is 36.8 Å². The van der Waals surface area contributed by atoms with E-state index in [1.54, 1.807) is 0 Å². The van der Waals surface area contributed by atoms with Crippen LogP contribution in [0.3, 0.4) is 0 Å². The van der Waals surface area contributed by atoms with E-state index in [1.807, 2.05) is 6.92 Å². The normalized spacial score (nSPS) is 19.2. The topological polar surface area (TPSA) is 83.3 Å². The zero-order valence-corrected chi connectivity index (χ0v) is 12.6. The Bertz CT molecular complexity index is 494. The molecule has 0 radical (unpaired) electrons. The molecule has 0 saturated carbocycles. The molecule has 116 valence electrons. The number of nitrogens with one attached hydrogen (secondary N) is 2. The summed E-state index contributed by atoms with van der Waals surface area (Å²) >= 11 is 0. The number of aromatic nitrogens is 1. The van der Waals surface area contributed by atoms with Gasteiger partial charge in [-0.25, -0.2) is 4.98 Å². The first-order chi connectivity index (χ1) is 10.1. The molecule has 2 N–H and O–H groups in total. The van der Waals surface area contributed by atoms with Crippen LogP contribution in [0.1, 0.15) is 26.7 Å². The number of hydrogen-bond acceptors (Lipinski definition) is 6. The Morgan fingerprint density at radius 2 is 2.19 bits per heavy atom. The van der Waals surface area contributed by atoms with Gasteiger partial charge in [0.15, 0.2) is 0 Å². The molecule has 2 rings (SSSR count). The van der Waals surface area contributed by atoms with E-state index in [2.05, 4.69) is 27.4 Å². The highest BCUT2D eigenvalue weighted by molar-refractivity contribution is 5.55. The molecule has 7 nitrogen and oxygen atoms in total.